The van der Waals surface area contributed by atoms with Crippen LogP contribution in [0.4, 0.5) is 18.0 Å². The van der Waals surface area contributed by atoms with Gasteiger partial charge in [0.25, 0.3) is 0 Å². The second kappa shape index (κ2) is 8.98. The molecule has 1 aromatic carbocycles. The zero-order valence-corrected chi connectivity index (χ0v) is 15.3. The first-order valence-electron chi connectivity index (χ1n) is 8.03. The molecule has 1 heterocycles. The lowest BCUT2D eigenvalue weighted by atomic mass is 10.1. The molecule has 0 aliphatic heterocycles. The van der Waals surface area contributed by atoms with Gasteiger partial charge >= 0.3 is 6.09 Å². The number of amides is 1. The van der Waals surface area contributed by atoms with E-state index in [0.717, 1.165) is 17.8 Å². The number of carbonyl (C=O) groups is 1. The average Bonchev–Trinajstić information content (AvgIpc) is 2.88. The number of hydrogen-bond acceptors (Lipinski definition) is 4. The first-order valence-corrected chi connectivity index (χ1v) is 8.85. The quantitative estimate of drug-likeness (QED) is 0.682. The lowest BCUT2D eigenvalue weighted by Gasteiger charge is -2.10. The van der Waals surface area contributed by atoms with E-state index in [1.54, 1.807) is 0 Å². The Hall–Kier alpha value is -2.16. The first kappa shape index (κ1) is 20.2. The summed E-state index contributed by atoms with van der Waals surface area (Å²) >= 11 is 1.06. The number of ether oxygens (including phenoxy) is 1. The molecule has 0 saturated heterocycles. The van der Waals surface area contributed by atoms with Gasteiger partial charge in [0, 0.05) is 17.4 Å². The summed E-state index contributed by atoms with van der Waals surface area (Å²) in [5, 5.41) is 0.498. The minimum Gasteiger partial charge on any atom is -0.450 e. The van der Waals surface area contributed by atoms with Gasteiger partial charge in [-0.1, -0.05) is 25.6 Å². The summed E-state index contributed by atoms with van der Waals surface area (Å²) in [5.74, 6) is -0.935. The predicted molar refractivity (Wildman–Crippen MR) is 91.8 cm³/mol. The number of halogens is 3. The van der Waals surface area contributed by atoms with Crippen molar-refractivity contribution < 1.29 is 22.7 Å². The fraction of sp³-hybridized carbons (Fsp3) is 0.412. The number of imidazole rings is 1. The van der Waals surface area contributed by atoms with Crippen molar-refractivity contribution in [3.8, 4) is 0 Å². The van der Waals surface area contributed by atoms with E-state index in [2.05, 4.69) is 9.72 Å². The van der Waals surface area contributed by atoms with Gasteiger partial charge in [-0.2, -0.15) is 0 Å². The van der Waals surface area contributed by atoms with Gasteiger partial charge in [-0.25, -0.2) is 22.9 Å². The van der Waals surface area contributed by atoms with Crippen LogP contribution in [0.1, 0.15) is 37.7 Å². The summed E-state index contributed by atoms with van der Waals surface area (Å²) in [4.78, 5) is 15.4. The van der Waals surface area contributed by atoms with Crippen molar-refractivity contribution in [2.24, 2.45) is 5.73 Å². The topological polar surface area (TPSA) is 70.1 Å². The van der Waals surface area contributed by atoms with Crippen LogP contribution in [0.2, 0.25) is 0 Å². The van der Waals surface area contributed by atoms with Crippen LogP contribution < -0.4 is 5.73 Å². The molecule has 0 aliphatic carbocycles. The smallest absolute Gasteiger partial charge is 0.404 e. The molecule has 2 N–H and O–H groups in total. The minimum absolute atomic E-state index is 0.00988. The van der Waals surface area contributed by atoms with Gasteiger partial charge in [0.05, 0.1) is 12.3 Å². The van der Waals surface area contributed by atoms with Crippen molar-refractivity contribution in [1.29, 1.82) is 0 Å². The molecule has 0 spiro atoms. The van der Waals surface area contributed by atoms with Gasteiger partial charge in [0.1, 0.15) is 22.5 Å². The van der Waals surface area contributed by atoms with E-state index in [4.69, 9.17) is 5.73 Å². The number of hydrogen-bond donors (Lipinski definition) is 1. The van der Waals surface area contributed by atoms with Crippen LogP contribution in [-0.4, -0.2) is 22.3 Å². The van der Waals surface area contributed by atoms with E-state index < -0.39 is 24.5 Å². The Bertz CT molecular complexity index is 761. The van der Waals surface area contributed by atoms with Gasteiger partial charge < -0.3 is 10.5 Å². The Balaban J connectivity index is 2.29. The van der Waals surface area contributed by atoms with Crippen LogP contribution in [0.15, 0.2) is 28.1 Å². The Morgan fingerprint density at radius 1 is 1.31 bits per heavy atom. The summed E-state index contributed by atoms with van der Waals surface area (Å²) in [6.45, 7) is 3.08. The number of alkyl halides is 1. The standard InChI is InChI=1S/C17H20F3N3O2S/c1-10(2)15-16(26-13-7-11(19)6-12(20)8-13)23(9-18)14(22-15)4-3-5-25-17(21)24/h6-8,10H,3-5,9H2,1-2H3,(H2,21,24). The molecule has 0 atom stereocenters. The minimum atomic E-state index is -0.869. The number of aromatic nitrogens is 2. The van der Waals surface area contributed by atoms with Crippen LogP contribution in [0.25, 0.3) is 0 Å². The Morgan fingerprint density at radius 3 is 2.50 bits per heavy atom. The number of carbonyl (C=O) groups excluding carboxylic acids is 1. The number of primary amides is 1. The van der Waals surface area contributed by atoms with Gasteiger partial charge in [-0.3, -0.25) is 4.57 Å². The van der Waals surface area contributed by atoms with Crippen LogP contribution in [-0.2, 0) is 18.0 Å². The van der Waals surface area contributed by atoms with Crippen LogP contribution in [0.3, 0.4) is 0 Å². The fourth-order valence-electron chi connectivity index (χ4n) is 2.40. The van der Waals surface area contributed by atoms with Gasteiger partial charge in [-0.05, 0) is 24.5 Å². The second-order valence-corrected chi connectivity index (χ2v) is 6.96. The largest absolute Gasteiger partial charge is 0.450 e. The van der Waals surface area contributed by atoms with Crippen molar-refractivity contribution in [1.82, 2.24) is 9.55 Å². The van der Waals surface area contributed by atoms with Crippen LogP contribution in [0.5, 0.6) is 0 Å². The molecule has 0 fully saturated rings. The highest BCUT2D eigenvalue weighted by molar-refractivity contribution is 7.99. The van der Waals surface area contributed by atoms with Crippen molar-refractivity contribution >= 4 is 17.9 Å². The number of benzene rings is 1. The number of aryl methyl sites for hydroxylation is 1. The molecule has 0 bridgehead atoms. The van der Waals surface area contributed by atoms with Gasteiger partial charge in [0.2, 0.25) is 0 Å². The van der Waals surface area contributed by atoms with E-state index in [1.165, 1.54) is 16.7 Å². The van der Waals surface area contributed by atoms with Gasteiger partial charge in [-0.15, -0.1) is 0 Å². The molecule has 26 heavy (non-hydrogen) atoms. The van der Waals surface area contributed by atoms with Crippen molar-refractivity contribution in [2.45, 2.75) is 49.3 Å². The number of nitrogens with zero attached hydrogens (tertiary/aromatic N) is 2. The monoisotopic (exact) mass is 387 g/mol. The van der Waals surface area contributed by atoms with E-state index in [-0.39, 0.29) is 12.5 Å². The van der Waals surface area contributed by atoms with Crippen molar-refractivity contribution in [2.75, 3.05) is 6.61 Å². The lowest BCUT2D eigenvalue weighted by molar-refractivity contribution is 0.155. The molecule has 142 valence electrons. The van der Waals surface area contributed by atoms with E-state index in [9.17, 15) is 18.0 Å². The Morgan fingerprint density at radius 2 is 1.96 bits per heavy atom. The highest BCUT2D eigenvalue weighted by Gasteiger charge is 2.20. The third kappa shape index (κ3) is 5.17. The molecule has 0 aliphatic rings. The maximum absolute atomic E-state index is 13.7. The highest BCUT2D eigenvalue weighted by atomic mass is 32.2. The Kier molecular flexibility index (Phi) is 6.96. The average molecular weight is 387 g/mol. The van der Waals surface area contributed by atoms with E-state index in [0.29, 0.717) is 34.3 Å². The molecule has 0 radical (unpaired) electrons. The predicted octanol–water partition coefficient (Wildman–Crippen LogP) is 4.39. The maximum atomic E-state index is 13.7. The molecule has 0 saturated carbocycles. The van der Waals surface area contributed by atoms with Gasteiger partial charge in [0.15, 0.2) is 6.80 Å². The summed E-state index contributed by atoms with van der Waals surface area (Å²) in [6.07, 6.45) is -0.0726. The second-order valence-electron chi connectivity index (χ2n) is 5.90. The van der Waals surface area contributed by atoms with Crippen molar-refractivity contribution in [3.63, 3.8) is 0 Å². The number of rotatable bonds is 8. The molecule has 9 heteroatoms. The third-order valence-corrected chi connectivity index (χ3v) is 4.63. The molecule has 1 aromatic heterocycles. The Labute approximate surface area is 153 Å². The normalized spacial score (nSPS) is 11.2. The maximum Gasteiger partial charge on any atom is 0.404 e. The molecule has 0 unspecified atom stereocenters. The zero-order valence-electron chi connectivity index (χ0n) is 14.5. The fourth-order valence-corrected chi connectivity index (χ4v) is 3.62. The summed E-state index contributed by atoms with van der Waals surface area (Å²) in [5.41, 5.74) is 5.54. The van der Waals surface area contributed by atoms with E-state index in [1.807, 2.05) is 13.8 Å². The lowest BCUT2D eigenvalue weighted by Crippen LogP contribution is -2.14. The number of nitrogens with two attached hydrogens (primary N) is 1. The summed E-state index contributed by atoms with van der Waals surface area (Å²) < 4.78 is 46.6. The SMILES string of the molecule is CC(C)c1nc(CCCOC(N)=O)n(CF)c1Sc1cc(F)cc(F)c1. The van der Waals surface area contributed by atoms with Crippen molar-refractivity contribution in [3.05, 3.63) is 41.4 Å². The highest BCUT2D eigenvalue weighted by Crippen LogP contribution is 2.35. The first-order chi connectivity index (χ1) is 12.3. The third-order valence-electron chi connectivity index (χ3n) is 3.53. The summed E-state index contributed by atoms with van der Waals surface area (Å²) in [6, 6.07) is 3.16. The van der Waals surface area contributed by atoms with Crippen LogP contribution >= 0.6 is 11.8 Å². The zero-order chi connectivity index (χ0) is 19.3. The molecule has 2 rings (SSSR count). The molecular weight excluding hydrogens is 367 g/mol. The van der Waals surface area contributed by atoms with E-state index >= 15 is 0 Å². The molecule has 2 aromatic rings. The van der Waals surface area contributed by atoms with Crippen LogP contribution in [0, 0.1) is 11.6 Å². The molecular formula is C17H20F3N3O2S. The molecule has 1 amide bonds. The summed E-state index contributed by atoms with van der Waals surface area (Å²) in [7, 11) is 0. The molecule has 5 nitrogen and oxygen atoms in total.